The fourth-order valence-corrected chi connectivity index (χ4v) is 2.76. The molecule has 0 aromatic heterocycles. The summed E-state index contributed by atoms with van der Waals surface area (Å²) in [6.07, 6.45) is 0. The molecule has 3 aromatic rings. The lowest BCUT2D eigenvalue weighted by atomic mass is 10.2. The molecule has 0 unspecified atom stereocenters. The van der Waals surface area contributed by atoms with E-state index in [2.05, 4.69) is 16.0 Å². The van der Waals surface area contributed by atoms with Gasteiger partial charge in [0.2, 0.25) is 0 Å². The number of rotatable bonds is 9. The van der Waals surface area contributed by atoms with Crippen LogP contribution < -0.4 is 25.4 Å². The summed E-state index contributed by atoms with van der Waals surface area (Å²) >= 11 is 0. The molecule has 0 aliphatic carbocycles. The summed E-state index contributed by atoms with van der Waals surface area (Å²) < 4.78 is 11.3. The molecule has 3 N–H and O–H groups in total. The third kappa shape index (κ3) is 7.68. The van der Waals surface area contributed by atoms with Crippen molar-refractivity contribution in [2.24, 2.45) is 0 Å². The van der Waals surface area contributed by atoms with Gasteiger partial charge in [-0.15, -0.1) is 0 Å². The molecule has 0 aliphatic heterocycles. The standard InChI is InChI=1S/C25H27N3O4/c1-18(2)27-25(30)28-20-10-8-19(9-11-20)16-26-24(29)17-31-21-12-14-23(15-13-21)32-22-6-4-3-5-7-22/h3-15,18H,16-17H2,1-2H3,(H,26,29)(H2,27,28,30). The minimum absolute atomic E-state index is 0.0623. The molecule has 0 saturated heterocycles. The molecular formula is C25H27N3O4. The summed E-state index contributed by atoms with van der Waals surface area (Å²) in [6, 6.07) is 23.7. The molecule has 0 atom stereocenters. The summed E-state index contributed by atoms with van der Waals surface area (Å²) in [6.45, 7) is 4.06. The SMILES string of the molecule is CC(C)NC(=O)Nc1ccc(CNC(=O)COc2ccc(Oc3ccccc3)cc2)cc1. The monoisotopic (exact) mass is 433 g/mol. The molecule has 3 rings (SSSR count). The predicted octanol–water partition coefficient (Wildman–Crippen LogP) is 4.70. The van der Waals surface area contributed by atoms with E-state index in [0.717, 1.165) is 11.3 Å². The topological polar surface area (TPSA) is 88.7 Å². The molecule has 0 saturated carbocycles. The van der Waals surface area contributed by atoms with Crippen LogP contribution >= 0.6 is 0 Å². The normalized spacial score (nSPS) is 10.3. The Hall–Kier alpha value is -4.00. The molecule has 7 heteroatoms. The number of ether oxygens (including phenoxy) is 2. The van der Waals surface area contributed by atoms with Gasteiger partial charge in [0, 0.05) is 18.3 Å². The predicted molar refractivity (Wildman–Crippen MR) is 124 cm³/mol. The highest BCUT2D eigenvalue weighted by atomic mass is 16.5. The molecular weight excluding hydrogens is 406 g/mol. The zero-order valence-electron chi connectivity index (χ0n) is 18.1. The average Bonchev–Trinajstić information content (AvgIpc) is 2.78. The minimum Gasteiger partial charge on any atom is -0.484 e. The van der Waals surface area contributed by atoms with Crippen molar-refractivity contribution in [3.63, 3.8) is 0 Å². The summed E-state index contributed by atoms with van der Waals surface area (Å²) in [5, 5.41) is 8.33. The Morgan fingerprint density at radius 2 is 1.44 bits per heavy atom. The Bertz CT molecular complexity index is 1000. The first-order chi connectivity index (χ1) is 15.5. The highest BCUT2D eigenvalue weighted by molar-refractivity contribution is 5.89. The van der Waals surface area contributed by atoms with E-state index in [0.29, 0.717) is 23.7 Å². The summed E-state index contributed by atoms with van der Waals surface area (Å²) in [5.41, 5.74) is 1.59. The van der Waals surface area contributed by atoms with Gasteiger partial charge in [-0.05, 0) is 67.9 Å². The zero-order valence-corrected chi connectivity index (χ0v) is 18.1. The van der Waals surface area contributed by atoms with Crippen molar-refractivity contribution in [2.75, 3.05) is 11.9 Å². The van der Waals surface area contributed by atoms with Gasteiger partial charge in [0.15, 0.2) is 6.61 Å². The van der Waals surface area contributed by atoms with E-state index in [1.54, 1.807) is 36.4 Å². The van der Waals surface area contributed by atoms with E-state index < -0.39 is 0 Å². The van der Waals surface area contributed by atoms with Gasteiger partial charge in [-0.1, -0.05) is 30.3 Å². The number of nitrogens with one attached hydrogen (secondary N) is 3. The van der Waals surface area contributed by atoms with Crippen LogP contribution in [-0.4, -0.2) is 24.6 Å². The van der Waals surface area contributed by atoms with Crippen molar-refractivity contribution in [2.45, 2.75) is 26.4 Å². The maximum absolute atomic E-state index is 12.1. The third-order valence-corrected chi connectivity index (χ3v) is 4.29. The molecule has 0 fully saturated rings. The number of urea groups is 1. The van der Waals surface area contributed by atoms with Crippen LogP contribution in [0.2, 0.25) is 0 Å². The molecule has 0 spiro atoms. The number of para-hydroxylation sites is 1. The van der Waals surface area contributed by atoms with E-state index in [-0.39, 0.29) is 24.6 Å². The molecule has 0 heterocycles. The zero-order chi connectivity index (χ0) is 22.8. The first kappa shape index (κ1) is 22.7. The molecule has 3 amide bonds. The third-order valence-electron chi connectivity index (χ3n) is 4.29. The Morgan fingerprint density at radius 1 is 0.812 bits per heavy atom. The molecule has 0 bridgehead atoms. The largest absolute Gasteiger partial charge is 0.484 e. The van der Waals surface area contributed by atoms with Crippen molar-refractivity contribution >= 4 is 17.6 Å². The van der Waals surface area contributed by atoms with Gasteiger partial charge < -0.3 is 25.4 Å². The highest BCUT2D eigenvalue weighted by Crippen LogP contribution is 2.23. The molecule has 166 valence electrons. The van der Waals surface area contributed by atoms with Crippen LogP contribution in [0.25, 0.3) is 0 Å². The molecule has 3 aromatic carbocycles. The lowest BCUT2D eigenvalue weighted by Crippen LogP contribution is -2.34. The van der Waals surface area contributed by atoms with Gasteiger partial charge in [0.1, 0.15) is 17.2 Å². The number of hydrogen-bond acceptors (Lipinski definition) is 4. The van der Waals surface area contributed by atoms with E-state index in [1.807, 2.05) is 56.3 Å². The minimum atomic E-state index is -0.252. The van der Waals surface area contributed by atoms with Crippen LogP contribution in [-0.2, 0) is 11.3 Å². The molecule has 32 heavy (non-hydrogen) atoms. The fourth-order valence-electron chi connectivity index (χ4n) is 2.76. The Labute approximate surface area is 187 Å². The number of carbonyl (C=O) groups is 2. The number of amides is 3. The van der Waals surface area contributed by atoms with Crippen molar-refractivity contribution in [3.05, 3.63) is 84.4 Å². The second kappa shape index (κ2) is 11.4. The Morgan fingerprint density at radius 3 is 2.09 bits per heavy atom. The van der Waals surface area contributed by atoms with Gasteiger partial charge in [-0.2, -0.15) is 0 Å². The number of anilines is 1. The van der Waals surface area contributed by atoms with Gasteiger partial charge in [0.05, 0.1) is 0 Å². The lowest BCUT2D eigenvalue weighted by Gasteiger charge is -2.11. The number of benzene rings is 3. The van der Waals surface area contributed by atoms with Gasteiger partial charge >= 0.3 is 6.03 Å². The molecule has 0 radical (unpaired) electrons. The summed E-state index contributed by atoms with van der Waals surface area (Å²) in [5.74, 6) is 1.79. The van der Waals surface area contributed by atoms with Crippen LogP contribution in [0, 0.1) is 0 Å². The van der Waals surface area contributed by atoms with E-state index in [4.69, 9.17) is 9.47 Å². The molecule has 0 aliphatic rings. The van der Waals surface area contributed by atoms with Crippen LogP contribution in [0.1, 0.15) is 19.4 Å². The van der Waals surface area contributed by atoms with Crippen molar-refractivity contribution < 1.29 is 19.1 Å². The van der Waals surface area contributed by atoms with Gasteiger partial charge in [-0.3, -0.25) is 4.79 Å². The first-order valence-electron chi connectivity index (χ1n) is 10.4. The van der Waals surface area contributed by atoms with Crippen LogP contribution in [0.15, 0.2) is 78.9 Å². The summed E-state index contributed by atoms with van der Waals surface area (Å²) in [7, 11) is 0. The Balaban J connectivity index is 1.39. The first-order valence-corrected chi connectivity index (χ1v) is 10.4. The average molecular weight is 434 g/mol. The quantitative estimate of drug-likeness (QED) is 0.456. The second-order valence-electron chi connectivity index (χ2n) is 7.40. The second-order valence-corrected chi connectivity index (χ2v) is 7.40. The van der Waals surface area contributed by atoms with E-state index in [9.17, 15) is 9.59 Å². The summed E-state index contributed by atoms with van der Waals surface area (Å²) in [4.78, 5) is 23.8. The Kier molecular flexibility index (Phi) is 8.09. The smallest absolute Gasteiger partial charge is 0.319 e. The maximum Gasteiger partial charge on any atom is 0.319 e. The number of carbonyl (C=O) groups excluding carboxylic acids is 2. The van der Waals surface area contributed by atoms with Crippen LogP contribution in [0.3, 0.4) is 0 Å². The van der Waals surface area contributed by atoms with Crippen LogP contribution in [0.4, 0.5) is 10.5 Å². The van der Waals surface area contributed by atoms with Gasteiger partial charge in [0.25, 0.3) is 5.91 Å². The van der Waals surface area contributed by atoms with Crippen LogP contribution in [0.5, 0.6) is 17.2 Å². The van der Waals surface area contributed by atoms with Crippen molar-refractivity contribution in [1.82, 2.24) is 10.6 Å². The molecule has 7 nitrogen and oxygen atoms in total. The van der Waals surface area contributed by atoms with E-state index >= 15 is 0 Å². The lowest BCUT2D eigenvalue weighted by molar-refractivity contribution is -0.123. The van der Waals surface area contributed by atoms with E-state index in [1.165, 1.54) is 0 Å². The van der Waals surface area contributed by atoms with Gasteiger partial charge in [-0.25, -0.2) is 4.79 Å². The fraction of sp³-hybridized carbons (Fsp3) is 0.200. The van der Waals surface area contributed by atoms with Crippen molar-refractivity contribution in [1.29, 1.82) is 0 Å². The number of hydrogen-bond donors (Lipinski definition) is 3. The van der Waals surface area contributed by atoms with Crippen molar-refractivity contribution in [3.8, 4) is 17.2 Å². The maximum atomic E-state index is 12.1. The highest BCUT2D eigenvalue weighted by Gasteiger charge is 2.06.